The quantitative estimate of drug-likeness (QED) is 0.439. The van der Waals surface area contributed by atoms with E-state index >= 15 is 0 Å². The molecule has 2 heterocycles. The lowest BCUT2D eigenvalue weighted by Crippen LogP contribution is -2.36. The average molecular weight is 429 g/mol. The largest absolute Gasteiger partial charge is 0.454 e. The van der Waals surface area contributed by atoms with Crippen molar-refractivity contribution in [1.82, 2.24) is 20.4 Å². The number of hydrogen-bond acceptors (Lipinski definition) is 4. The van der Waals surface area contributed by atoms with Crippen molar-refractivity contribution < 1.29 is 9.47 Å². The highest BCUT2D eigenvalue weighted by Gasteiger charge is 2.13. The number of benzene rings is 1. The summed E-state index contributed by atoms with van der Waals surface area (Å²) in [6.45, 7) is 1.62. The summed E-state index contributed by atoms with van der Waals surface area (Å²) >= 11 is 0. The van der Waals surface area contributed by atoms with Crippen molar-refractivity contribution in [3.8, 4) is 11.5 Å². The lowest BCUT2D eigenvalue weighted by Gasteiger charge is -2.11. The number of hydrogen-bond donors (Lipinski definition) is 2. The maximum atomic E-state index is 5.37. The van der Waals surface area contributed by atoms with Gasteiger partial charge in [0.1, 0.15) is 0 Å². The van der Waals surface area contributed by atoms with Crippen LogP contribution < -0.4 is 20.1 Å². The molecule has 0 aliphatic carbocycles. The molecule has 8 heteroatoms. The average Bonchev–Trinajstić information content (AvgIpc) is 3.15. The Bertz CT molecular complexity index is 686. The zero-order valence-electron chi connectivity index (χ0n) is 13.1. The second-order valence-electron chi connectivity index (χ2n) is 4.99. The molecule has 0 unspecified atom stereocenters. The van der Waals surface area contributed by atoms with Gasteiger partial charge in [0.15, 0.2) is 17.5 Å². The molecule has 0 spiro atoms. The first kappa shape index (κ1) is 17.4. The number of aliphatic imine (C=N–C) groups is 1. The van der Waals surface area contributed by atoms with Gasteiger partial charge in [-0.05, 0) is 17.7 Å². The van der Waals surface area contributed by atoms with Crippen LogP contribution in [0.4, 0.5) is 0 Å². The fraction of sp³-hybridized carbons (Fsp3) is 0.333. The van der Waals surface area contributed by atoms with Crippen LogP contribution in [0.1, 0.15) is 11.1 Å². The van der Waals surface area contributed by atoms with Crippen molar-refractivity contribution in [1.29, 1.82) is 0 Å². The minimum absolute atomic E-state index is 0. The minimum atomic E-state index is 0. The Morgan fingerprint density at radius 3 is 2.65 bits per heavy atom. The fourth-order valence-electron chi connectivity index (χ4n) is 2.21. The third-order valence-corrected chi connectivity index (χ3v) is 3.34. The molecule has 1 aliphatic rings. The van der Waals surface area contributed by atoms with Crippen LogP contribution in [0, 0.1) is 0 Å². The second kappa shape index (κ2) is 8.04. The van der Waals surface area contributed by atoms with Crippen LogP contribution in [0.3, 0.4) is 0 Å². The van der Waals surface area contributed by atoms with Crippen LogP contribution in [0.5, 0.6) is 11.5 Å². The normalized spacial score (nSPS) is 12.7. The second-order valence-corrected chi connectivity index (χ2v) is 4.99. The standard InChI is InChI=1S/C15H19N5O2.HI/c1-16-15(18-7-12-8-19-20(2)9-12)17-6-11-3-4-13-14(5-11)22-10-21-13;/h3-5,8-9H,6-7,10H2,1-2H3,(H2,16,17,18);1H. The van der Waals surface area contributed by atoms with E-state index in [-0.39, 0.29) is 24.0 Å². The maximum absolute atomic E-state index is 5.37. The summed E-state index contributed by atoms with van der Waals surface area (Å²) in [4.78, 5) is 4.21. The van der Waals surface area contributed by atoms with E-state index in [9.17, 15) is 0 Å². The Morgan fingerprint density at radius 1 is 1.22 bits per heavy atom. The van der Waals surface area contributed by atoms with Crippen LogP contribution in [-0.2, 0) is 20.1 Å². The smallest absolute Gasteiger partial charge is 0.231 e. The van der Waals surface area contributed by atoms with E-state index in [1.807, 2.05) is 37.6 Å². The van der Waals surface area contributed by atoms with Crippen molar-refractivity contribution in [2.24, 2.45) is 12.0 Å². The van der Waals surface area contributed by atoms with E-state index in [1.165, 1.54) is 0 Å². The molecular formula is C15H20IN5O2. The van der Waals surface area contributed by atoms with Crippen molar-refractivity contribution in [2.45, 2.75) is 13.1 Å². The van der Waals surface area contributed by atoms with E-state index in [1.54, 1.807) is 11.7 Å². The first-order chi connectivity index (χ1) is 10.7. The molecule has 0 saturated heterocycles. The molecule has 0 amide bonds. The highest BCUT2D eigenvalue weighted by molar-refractivity contribution is 14.0. The summed E-state index contributed by atoms with van der Waals surface area (Å²) in [6.07, 6.45) is 3.80. The molecule has 3 rings (SSSR count). The summed E-state index contributed by atoms with van der Waals surface area (Å²) in [7, 11) is 3.65. The van der Waals surface area contributed by atoms with Crippen molar-refractivity contribution >= 4 is 29.9 Å². The summed E-state index contributed by atoms with van der Waals surface area (Å²) in [5.41, 5.74) is 2.21. The van der Waals surface area contributed by atoms with Gasteiger partial charge in [-0.3, -0.25) is 9.67 Å². The molecule has 1 aromatic carbocycles. The Kier molecular flexibility index (Phi) is 6.08. The van der Waals surface area contributed by atoms with Gasteiger partial charge in [-0.25, -0.2) is 0 Å². The summed E-state index contributed by atoms with van der Waals surface area (Å²) in [5.74, 6) is 2.32. The van der Waals surface area contributed by atoms with E-state index < -0.39 is 0 Å². The molecule has 0 radical (unpaired) electrons. The van der Waals surface area contributed by atoms with E-state index in [0.29, 0.717) is 19.9 Å². The Labute approximate surface area is 152 Å². The molecule has 0 fully saturated rings. The molecule has 124 valence electrons. The molecule has 0 saturated carbocycles. The monoisotopic (exact) mass is 429 g/mol. The van der Waals surface area contributed by atoms with Gasteiger partial charge in [0.05, 0.1) is 6.20 Å². The van der Waals surface area contributed by atoms with Gasteiger partial charge in [0, 0.05) is 38.9 Å². The number of aryl methyl sites for hydroxylation is 1. The fourth-order valence-corrected chi connectivity index (χ4v) is 2.21. The highest BCUT2D eigenvalue weighted by Crippen LogP contribution is 2.32. The molecular weight excluding hydrogens is 409 g/mol. The van der Waals surface area contributed by atoms with Crippen LogP contribution in [-0.4, -0.2) is 29.6 Å². The van der Waals surface area contributed by atoms with Gasteiger partial charge in [-0.1, -0.05) is 6.07 Å². The molecule has 7 nitrogen and oxygen atoms in total. The lowest BCUT2D eigenvalue weighted by molar-refractivity contribution is 0.174. The number of nitrogens with one attached hydrogen (secondary N) is 2. The Balaban J connectivity index is 0.00000192. The molecule has 23 heavy (non-hydrogen) atoms. The predicted octanol–water partition coefficient (Wildman–Crippen LogP) is 1.63. The van der Waals surface area contributed by atoms with Crippen LogP contribution >= 0.6 is 24.0 Å². The van der Waals surface area contributed by atoms with Gasteiger partial charge >= 0.3 is 0 Å². The van der Waals surface area contributed by atoms with Gasteiger partial charge in [-0.15, -0.1) is 24.0 Å². The summed E-state index contributed by atoms with van der Waals surface area (Å²) in [6, 6.07) is 5.91. The molecule has 0 bridgehead atoms. The maximum Gasteiger partial charge on any atom is 0.231 e. The van der Waals surface area contributed by atoms with Crippen LogP contribution in [0.15, 0.2) is 35.6 Å². The van der Waals surface area contributed by atoms with Gasteiger partial charge < -0.3 is 20.1 Å². The van der Waals surface area contributed by atoms with Crippen molar-refractivity contribution in [3.05, 3.63) is 41.7 Å². The molecule has 2 N–H and O–H groups in total. The van der Waals surface area contributed by atoms with Crippen LogP contribution in [0.2, 0.25) is 0 Å². The third kappa shape index (κ3) is 4.50. The van der Waals surface area contributed by atoms with E-state index in [4.69, 9.17) is 9.47 Å². The van der Waals surface area contributed by atoms with Crippen molar-refractivity contribution in [2.75, 3.05) is 13.8 Å². The topological polar surface area (TPSA) is 72.7 Å². The van der Waals surface area contributed by atoms with E-state index in [2.05, 4.69) is 20.7 Å². The SMILES string of the molecule is CN=C(NCc1ccc2c(c1)OCO2)NCc1cnn(C)c1.I. The number of aromatic nitrogens is 2. The summed E-state index contributed by atoms with van der Waals surface area (Å²) < 4.78 is 12.5. The third-order valence-electron chi connectivity index (χ3n) is 3.34. The van der Waals surface area contributed by atoms with Crippen molar-refractivity contribution in [3.63, 3.8) is 0 Å². The lowest BCUT2D eigenvalue weighted by atomic mass is 10.2. The van der Waals surface area contributed by atoms with E-state index in [0.717, 1.165) is 28.6 Å². The molecule has 0 atom stereocenters. The molecule has 1 aromatic heterocycles. The van der Waals surface area contributed by atoms with Gasteiger partial charge in [0.2, 0.25) is 6.79 Å². The van der Waals surface area contributed by atoms with Gasteiger partial charge in [0.25, 0.3) is 0 Å². The van der Waals surface area contributed by atoms with Crippen LogP contribution in [0.25, 0.3) is 0 Å². The number of guanidine groups is 1. The number of nitrogens with zero attached hydrogens (tertiary/aromatic N) is 3. The number of halogens is 1. The minimum Gasteiger partial charge on any atom is -0.454 e. The zero-order chi connectivity index (χ0) is 15.4. The number of fused-ring (bicyclic) bond motifs is 1. The summed E-state index contributed by atoms with van der Waals surface area (Å²) in [5, 5.41) is 10.7. The first-order valence-corrected chi connectivity index (χ1v) is 7.05. The first-order valence-electron chi connectivity index (χ1n) is 7.05. The number of ether oxygens (including phenoxy) is 2. The Morgan fingerprint density at radius 2 is 1.96 bits per heavy atom. The predicted molar refractivity (Wildman–Crippen MR) is 98.2 cm³/mol. The molecule has 1 aliphatic heterocycles. The van der Waals surface area contributed by atoms with Gasteiger partial charge in [-0.2, -0.15) is 5.10 Å². The Hall–Kier alpha value is -1.97. The number of rotatable bonds is 4. The highest BCUT2D eigenvalue weighted by atomic mass is 127. The zero-order valence-corrected chi connectivity index (χ0v) is 15.4. The molecule has 2 aromatic rings.